The summed E-state index contributed by atoms with van der Waals surface area (Å²) in [6, 6.07) is 0. The number of hydrogen-bond acceptors (Lipinski definition) is 16. The van der Waals surface area contributed by atoms with Crippen molar-refractivity contribution in [1.82, 2.24) is 0 Å². The van der Waals surface area contributed by atoms with E-state index in [0.29, 0.717) is 0 Å². The summed E-state index contributed by atoms with van der Waals surface area (Å²) in [5, 5.41) is 109. The van der Waals surface area contributed by atoms with Crippen LogP contribution >= 0.6 is 0 Å². The average Bonchev–Trinajstić information content (AvgIpc) is 2.82. The molecule has 1 unspecified atom stereocenters. The Labute approximate surface area is 192 Å². The largest absolute Gasteiger partial charge is 0.394 e. The summed E-state index contributed by atoms with van der Waals surface area (Å²) >= 11 is 0. The number of hydrogen-bond donors (Lipinski definition) is 11. The van der Waals surface area contributed by atoms with E-state index >= 15 is 0 Å². The highest BCUT2D eigenvalue weighted by Crippen LogP contribution is 2.30. The van der Waals surface area contributed by atoms with Gasteiger partial charge >= 0.3 is 0 Å². The minimum atomic E-state index is -1.85. The zero-order valence-electron chi connectivity index (χ0n) is 17.7. The fraction of sp³-hybridized carbons (Fsp3) is 1.00. The highest BCUT2D eigenvalue weighted by atomic mass is 16.8. The van der Waals surface area contributed by atoms with Crippen LogP contribution in [0.1, 0.15) is 0 Å². The first kappa shape index (κ1) is 27.9. The van der Waals surface area contributed by atoms with Crippen LogP contribution in [0.2, 0.25) is 0 Å². The van der Waals surface area contributed by atoms with E-state index in [-0.39, 0.29) is 0 Å². The van der Waals surface area contributed by atoms with Crippen LogP contribution < -0.4 is 0 Å². The molecule has 3 fully saturated rings. The first-order chi connectivity index (χ1) is 16.0. The maximum Gasteiger partial charge on any atom is 0.187 e. The second-order valence-electron chi connectivity index (χ2n) is 8.37. The molecule has 0 aromatic carbocycles. The van der Waals surface area contributed by atoms with Gasteiger partial charge < -0.3 is 79.9 Å². The molecule has 3 aliphatic rings. The molecular formula is C18H32O16. The Morgan fingerprint density at radius 2 is 1.00 bits per heavy atom. The summed E-state index contributed by atoms with van der Waals surface area (Å²) in [6.45, 7) is -2.11. The predicted molar refractivity (Wildman–Crippen MR) is 101 cm³/mol. The maximum atomic E-state index is 10.5. The molecular weight excluding hydrogens is 472 g/mol. The molecule has 3 heterocycles. The van der Waals surface area contributed by atoms with Crippen molar-refractivity contribution in [3.63, 3.8) is 0 Å². The van der Waals surface area contributed by atoms with E-state index in [1.54, 1.807) is 0 Å². The van der Waals surface area contributed by atoms with Crippen molar-refractivity contribution in [2.24, 2.45) is 0 Å². The molecule has 0 bridgehead atoms. The van der Waals surface area contributed by atoms with E-state index in [1.807, 2.05) is 0 Å². The molecule has 11 N–H and O–H groups in total. The highest BCUT2D eigenvalue weighted by Gasteiger charge is 2.51. The molecule has 200 valence electrons. The third-order valence-electron chi connectivity index (χ3n) is 6.08. The molecule has 0 aromatic heterocycles. The van der Waals surface area contributed by atoms with Gasteiger partial charge in [-0.15, -0.1) is 0 Å². The van der Waals surface area contributed by atoms with E-state index in [2.05, 4.69) is 0 Å². The van der Waals surface area contributed by atoms with E-state index in [1.165, 1.54) is 0 Å². The van der Waals surface area contributed by atoms with Gasteiger partial charge in [-0.25, -0.2) is 0 Å². The minimum absolute atomic E-state index is 0.609. The van der Waals surface area contributed by atoms with Crippen molar-refractivity contribution in [3.8, 4) is 0 Å². The van der Waals surface area contributed by atoms with Crippen LogP contribution in [-0.4, -0.2) is 168 Å². The Bertz CT molecular complexity index is 639. The Balaban J connectivity index is 1.74. The summed E-state index contributed by atoms with van der Waals surface area (Å²) in [4.78, 5) is 0. The molecule has 3 rings (SSSR count). The van der Waals surface area contributed by atoms with E-state index in [0.717, 1.165) is 0 Å². The van der Waals surface area contributed by atoms with Gasteiger partial charge in [0.1, 0.15) is 73.2 Å². The molecule has 0 saturated carbocycles. The lowest BCUT2D eigenvalue weighted by atomic mass is 9.97. The third kappa shape index (κ3) is 5.52. The monoisotopic (exact) mass is 504 g/mol. The van der Waals surface area contributed by atoms with Crippen molar-refractivity contribution in [3.05, 3.63) is 0 Å². The van der Waals surface area contributed by atoms with Crippen molar-refractivity contribution in [1.29, 1.82) is 0 Å². The standard InChI is InChI=1S/C18H32O16/c19-1-4-7(21)11(25)14(28)17(32-4)34-15-12(26)8(22)5(2-20)33-18(15)30-3-6-9(23)10(24)13(27)16(29)31-6/h4-29H,1-3H2/t4-,5-,6-,7+,8+,9-,10+,11+,12+,13-,14-,15-,16-,17?,18+/m1/s1. The quantitative estimate of drug-likeness (QED) is 0.154. The van der Waals surface area contributed by atoms with Crippen LogP contribution in [0.15, 0.2) is 0 Å². The summed E-state index contributed by atoms with van der Waals surface area (Å²) in [5.41, 5.74) is 0. The lowest BCUT2D eigenvalue weighted by Gasteiger charge is -2.46. The zero-order valence-corrected chi connectivity index (χ0v) is 17.7. The molecule has 3 aliphatic heterocycles. The molecule has 0 radical (unpaired) electrons. The fourth-order valence-corrected chi connectivity index (χ4v) is 3.93. The first-order valence-electron chi connectivity index (χ1n) is 10.6. The van der Waals surface area contributed by atoms with Gasteiger partial charge in [0.2, 0.25) is 0 Å². The number of aliphatic hydroxyl groups excluding tert-OH is 11. The van der Waals surface area contributed by atoms with Crippen LogP contribution in [0.4, 0.5) is 0 Å². The second kappa shape index (κ2) is 11.6. The summed E-state index contributed by atoms with van der Waals surface area (Å²) in [5.74, 6) is 0. The van der Waals surface area contributed by atoms with Crippen molar-refractivity contribution in [2.45, 2.75) is 92.1 Å². The Morgan fingerprint density at radius 1 is 0.500 bits per heavy atom. The molecule has 0 aromatic rings. The van der Waals surface area contributed by atoms with E-state index in [4.69, 9.17) is 23.7 Å². The normalized spacial score (nSPS) is 52.5. The van der Waals surface area contributed by atoms with E-state index < -0.39 is 112 Å². The van der Waals surface area contributed by atoms with Gasteiger partial charge in [-0.1, -0.05) is 0 Å². The van der Waals surface area contributed by atoms with Crippen LogP contribution in [0.25, 0.3) is 0 Å². The summed E-state index contributed by atoms with van der Waals surface area (Å²) in [7, 11) is 0. The number of rotatable bonds is 7. The molecule has 0 amide bonds. The minimum Gasteiger partial charge on any atom is -0.394 e. The molecule has 34 heavy (non-hydrogen) atoms. The Morgan fingerprint density at radius 3 is 1.59 bits per heavy atom. The summed E-state index contributed by atoms with van der Waals surface area (Å²) in [6.07, 6.45) is -25.0. The van der Waals surface area contributed by atoms with Crippen molar-refractivity contribution < 1.29 is 79.9 Å². The molecule has 0 aliphatic carbocycles. The van der Waals surface area contributed by atoms with Gasteiger partial charge in [0.25, 0.3) is 0 Å². The summed E-state index contributed by atoms with van der Waals surface area (Å²) < 4.78 is 26.5. The lowest BCUT2D eigenvalue weighted by Crippen LogP contribution is -2.65. The smallest absolute Gasteiger partial charge is 0.187 e. The Hall–Kier alpha value is -0.640. The molecule has 15 atom stereocenters. The fourth-order valence-electron chi connectivity index (χ4n) is 3.93. The second-order valence-corrected chi connectivity index (χ2v) is 8.37. The lowest BCUT2D eigenvalue weighted by molar-refractivity contribution is -0.372. The Kier molecular flexibility index (Phi) is 9.54. The topological polar surface area (TPSA) is 269 Å². The van der Waals surface area contributed by atoms with Crippen molar-refractivity contribution >= 4 is 0 Å². The molecule has 3 saturated heterocycles. The van der Waals surface area contributed by atoms with Gasteiger partial charge in [0, 0.05) is 0 Å². The average molecular weight is 504 g/mol. The van der Waals surface area contributed by atoms with Gasteiger partial charge in [-0.3, -0.25) is 0 Å². The van der Waals surface area contributed by atoms with Crippen LogP contribution in [0.3, 0.4) is 0 Å². The highest BCUT2D eigenvalue weighted by molar-refractivity contribution is 4.94. The van der Waals surface area contributed by atoms with Crippen molar-refractivity contribution in [2.75, 3.05) is 19.8 Å². The van der Waals surface area contributed by atoms with E-state index in [9.17, 15) is 56.2 Å². The van der Waals surface area contributed by atoms with Gasteiger partial charge in [0.05, 0.1) is 19.8 Å². The van der Waals surface area contributed by atoms with Gasteiger partial charge in [-0.05, 0) is 0 Å². The van der Waals surface area contributed by atoms with Crippen LogP contribution in [0.5, 0.6) is 0 Å². The zero-order chi connectivity index (χ0) is 25.3. The van der Waals surface area contributed by atoms with Gasteiger partial charge in [-0.2, -0.15) is 0 Å². The van der Waals surface area contributed by atoms with Crippen LogP contribution in [-0.2, 0) is 23.7 Å². The number of aliphatic hydroxyl groups is 11. The number of ether oxygens (including phenoxy) is 5. The predicted octanol–water partition coefficient (Wildman–Crippen LogP) is -7.57. The molecule has 0 spiro atoms. The first-order valence-corrected chi connectivity index (χ1v) is 10.6. The third-order valence-corrected chi connectivity index (χ3v) is 6.08. The molecule has 16 heteroatoms. The maximum absolute atomic E-state index is 10.5. The van der Waals surface area contributed by atoms with Crippen LogP contribution in [0, 0.1) is 0 Å². The molecule has 16 nitrogen and oxygen atoms in total. The van der Waals surface area contributed by atoms with Gasteiger partial charge in [0.15, 0.2) is 18.9 Å². The SMILES string of the molecule is OC[C@H]1O[C@H](OC[C@H]2O[C@@H](O)[C@H](O)[C@@H](O)[C@@H]2O)[C@H](OC2O[C@H](CO)[C@H](O)[C@H](O)[C@H]2O)[C@@H](O)[C@H]1O.